The molecule has 0 unspecified atom stereocenters. The molecule has 0 bridgehead atoms. The lowest BCUT2D eigenvalue weighted by Gasteiger charge is -2.10. The molecule has 0 amide bonds. The molecule has 0 spiro atoms. The molecule has 0 aromatic carbocycles. The molecule has 0 aliphatic rings. The molecule has 98 valence electrons. The lowest BCUT2D eigenvalue weighted by Crippen LogP contribution is -2.21. The predicted molar refractivity (Wildman–Crippen MR) is 74.4 cm³/mol. The number of imidazole rings is 1. The van der Waals surface area contributed by atoms with Crippen LogP contribution < -0.4 is 5.32 Å². The molecule has 4 heteroatoms. The first-order chi connectivity index (χ1) is 8.72. The van der Waals surface area contributed by atoms with E-state index in [1.54, 1.807) is 0 Å². The van der Waals surface area contributed by atoms with Gasteiger partial charge in [0.25, 0.3) is 0 Å². The molecule has 18 heavy (non-hydrogen) atoms. The SMILES string of the molecule is CCCn1c(CNCC(C)C)nc2cnccc21. The van der Waals surface area contributed by atoms with Crippen molar-refractivity contribution in [3.05, 3.63) is 24.3 Å². The highest BCUT2D eigenvalue weighted by Gasteiger charge is 2.09. The van der Waals surface area contributed by atoms with Crippen LogP contribution in [0.5, 0.6) is 0 Å². The molecule has 2 rings (SSSR count). The predicted octanol–water partition coefficient (Wildman–Crippen LogP) is 2.59. The highest BCUT2D eigenvalue weighted by molar-refractivity contribution is 5.74. The number of aryl methyl sites for hydroxylation is 1. The van der Waals surface area contributed by atoms with Crippen molar-refractivity contribution in [3.63, 3.8) is 0 Å². The Morgan fingerprint density at radius 2 is 2.22 bits per heavy atom. The third-order valence-corrected chi connectivity index (χ3v) is 2.91. The lowest BCUT2D eigenvalue weighted by atomic mass is 10.2. The van der Waals surface area contributed by atoms with Gasteiger partial charge in [0.15, 0.2) is 0 Å². The Morgan fingerprint density at radius 1 is 1.39 bits per heavy atom. The number of rotatable bonds is 6. The van der Waals surface area contributed by atoms with Crippen molar-refractivity contribution in [1.29, 1.82) is 0 Å². The van der Waals surface area contributed by atoms with E-state index in [1.807, 2.05) is 18.5 Å². The highest BCUT2D eigenvalue weighted by atomic mass is 15.1. The Labute approximate surface area is 108 Å². The van der Waals surface area contributed by atoms with Crippen molar-refractivity contribution < 1.29 is 0 Å². The van der Waals surface area contributed by atoms with Crippen molar-refractivity contribution in [2.75, 3.05) is 6.54 Å². The number of fused-ring (bicyclic) bond motifs is 1. The Kier molecular flexibility index (Phi) is 4.31. The average molecular weight is 246 g/mol. The van der Waals surface area contributed by atoms with E-state index in [-0.39, 0.29) is 0 Å². The molecule has 1 N–H and O–H groups in total. The van der Waals surface area contributed by atoms with Gasteiger partial charge in [-0.25, -0.2) is 4.98 Å². The molecule has 0 saturated carbocycles. The summed E-state index contributed by atoms with van der Waals surface area (Å²) in [5, 5.41) is 3.46. The Balaban J connectivity index is 2.22. The zero-order valence-electron chi connectivity index (χ0n) is 11.5. The topological polar surface area (TPSA) is 42.7 Å². The maximum atomic E-state index is 4.67. The fourth-order valence-electron chi connectivity index (χ4n) is 2.11. The van der Waals surface area contributed by atoms with Gasteiger partial charge < -0.3 is 9.88 Å². The minimum Gasteiger partial charge on any atom is -0.327 e. The minimum atomic E-state index is 0.663. The summed E-state index contributed by atoms with van der Waals surface area (Å²) in [6.45, 7) is 9.48. The van der Waals surface area contributed by atoms with Gasteiger partial charge >= 0.3 is 0 Å². The number of aromatic nitrogens is 3. The van der Waals surface area contributed by atoms with E-state index >= 15 is 0 Å². The summed E-state index contributed by atoms with van der Waals surface area (Å²) in [7, 11) is 0. The van der Waals surface area contributed by atoms with Crippen LogP contribution in [0.3, 0.4) is 0 Å². The second-order valence-corrected chi connectivity index (χ2v) is 5.07. The molecule has 0 aliphatic carbocycles. The van der Waals surface area contributed by atoms with Gasteiger partial charge in [-0.1, -0.05) is 20.8 Å². The van der Waals surface area contributed by atoms with Crippen molar-refractivity contribution in [1.82, 2.24) is 19.9 Å². The van der Waals surface area contributed by atoms with Crippen LogP contribution in [-0.2, 0) is 13.1 Å². The molecule has 4 nitrogen and oxygen atoms in total. The summed E-state index contributed by atoms with van der Waals surface area (Å²) >= 11 is 0. The molecule has 0 aliphatic heterocycles. The first-order valence-corrected chi connectivity index (χ1v) is 6.72. The second kappa shape index (κ2) is 5.96. The normalized spacial score (nSPS) is 11.6. The lowest BCUT2D eigenvalue weighted by molar-refractivity contribution is 0.528. The van der Waals surface area contributed by atoms with Gasteiger partial charge in [-0.3, -0.25) is 4.98 Å². The smallest absolute Gasteiger partial charge is 0.123 e. The maximum absolute atomic E-state index is 4.67. The van der Waals surface area contributed by atoms with Crippen LogP contribution >= 0.6 is 0 Å². The molecule has 2 aromatic heterocycles. The molecule has 0 fully saturated rings. The summed E-state index contributed by atoms with van der Waals surface area (Å²) in [5.41, 5.74) is 2.18. The zero-order chi connectivity index (χ0) is 13.0. The first-order valence-electron chi connectivity index (χ1n) is 6.72. The van der Waals surface area contributed by atoms with Crippen molar-refractivity contribution in [2.45, 2.75) is 40.3 Å². The number of hydrogen-bond donors (Lipinski definition) is 1. The van der Waals surface area contributed by atoms with Gasteiger partial charge in [0.1, 0.15) is 11.3 Å². The Bertz CT molecular complexity index is 501. The first kappa shape index (κ1) is 13.0. The number of pyridine rings is 1. The van der Waals surface area contributed by atoms with E-state index in [0.717, 1.165) is 37.4 Å². The van der Waals surface area contributed by atoms with E-state index in [9.17, 15) is 0 Å². The summed E-state index contributed by atoms with van der Waals surface area (Å²) in [6.07, 6.45) is 4.79. The molecular weight excluding hydrogens is 224 g/mol. The van der Waals surface area contributed by atoms with Crippen molar-refractivity contribution >= 4 is 11.0 Å². The molecule has 2 heterocycles. The molecule has 0 saturated heterocycles. The summed E-state index contributed by atoms with van der Waals surface area (Å²) in [6, 6.07) is 2.05. The van der Waals surface area contributed by atoms with E-state index in [2.05, 4.69) is 40.6 Å². The van der Waals surface area contributed by atoms with Gasteiger partial charge in [0.05, 0.1) is 18.3 Å². The Hall–Kier alpha value is -1.42. The van der Waals surface area contributed by atoms with Gasteiger partial charge in [-0.05, 0) is 24.9 Å². The van der Waals surface area contributed by atoms with Crippen LogP contribution in [-0.4, -0.2) is 21.1 Å². The highest BCUT2D eigenvalue weighted by Crippen LogP contribution is 2.15. The molecule has 0 atom stereocenters. The number of hydrogen-bond acceptors (Lipinski definition) is 3. The van der Waals surface area contributed by atoms with E-state index in [4.69, 9.17) is 0 Å². The largest absolute Gasteiger partial charge is 0.327 e. The second-order valence-electron chi connectivity index (χ2n) is 5.07. The summed E-state index contributed by atoms with van der Waals surface area (Å²) in [4.78, 5) is 8.81. The fourth-order valence-corrected chi connectivity index (χ4v) is 2.11. The van der Waals surface area contributed by atoms with E-state index in [0.29, 0.717) is 5.92 Å². The molecule has 0 radical (unpaired) electrons. The van der Waals surface area contributed by atoms with Crippen LogP contribution in [0.25, 0.3) is 11.0 Å². The minimum absolute atomic E-state index is 0.663. The third-order valence-electron chi connectivity index (χ3n) is 2.91. The summed E-state index contributed by atoms with van der Waals surface area (Å²) < 4.78 is 2.30. The maximum Gasteiger partial charge on any atom is 0.123 e. The average Bonchev–Trinajstić information content (AvgIpc) is 2.68. The standard InChI is InChI=1S/C14H22N4/c1-4-7-18-13-5-6-15-9-12(13)17-14(18)10-16-8-11(2)3/h5-6,9,11,16H,4,7-8,10H2,1-3H3. The fraction of sp³-hybridized carbons (Fsp3) is 0.571. The van der Waals surface area contributed by atoms with E-state index in [1.165, 1.54) is 5.52 Å². The van der Waals surface area contributed by atoms with E-state index < -0.39 is 0 Å². The molecule has 2 aromatic rings. The third kappa shape index (κ3) is 2.88. The van der Waals surface area contributed by atoms with Crippen LogP contribution in [0.4, 0.5) is 0 Å². The monoisotopic (exact) mass is 246 g/mol. The Morgan fingerprint density at radius 3 is 2.94 bits per heavy atom. The van der Waals surface area contributed by atoms with Gasteiger partial charge in [-0.2, -0.15) is 0 Å². The summed E-state index contributed by atoms with van der Waals surface area (Å²) in [5.74, 6) is 1.77. The van der Waals surface area contributed by atoms with Crippen LogP contribution in [0.1, 0.15) is 33.0 Å². The number of nitrogens with one attached hydrogen (secondary N) is 1. The number of nitrogens with zero attached hydrogens (tertiary/aromatic N) is 3. The molecular formula is C14H22N4. The zero-order valence-corrected chi connectivity index (χ0v) is 11.5. The quantitative estimate of drug-likeness (QED) is 0.852. The van der Waals surface area contributed by atoms with Gasteiger partial charge in [0, 0.05) is 12.7 Å². The van der Waals surface area contributed by atoms with Gasteiger partial charge in [-0.15, -0.1) is 0 Å². The van der Waals surface area contributed by atoms with Crippen LogP contribution in [0, 0.1) is 5.92 Å². The van der Waals surface area contributed by atoms with Gasteiger partial charge in [0.2, 0.25) is 0 Å². The van der Waals surface area contributed by atoms with Crippen LogP contribution in [0.2, 0.25) is 0 Å². The van der Waals surface area contributed by atoms with Crippen molar-refractivity contribution in [3.8, 4) is 0 Å². The van der Waals surface area contributed by atoms with Crippen LogP contribution in [0.15, 0.2) is 18.5 Å². The van der Waals surface area contributed by atoms with Crippen molar-refractivity contribution in [2.24, 2.45) is 5.92 Å².